The first-order valence-electron chi connectivity index (χ1n) is 9.72. The van der Waals surface area contributed by atoms with Gasteiger partial charge in [-0.25, -0.2) is 18.7 Å². The van der Waals surface area contributed by atoms with E-state index in [4.69, 9.17) is 0 Å². The van der Waals surface area contributed by atoms with Gasteiger partial charge in [0.15, 0.2) is 0 Å². The Kier molecular flexibility index (Phi) is 5.14. The van der Waals surface area contributed by atoms with Crippen LogP contribution >= 0.6 is 0 Å². The fraction of sp³-hybridized carbons (Fsp3) is 0.550. The van der Waals surface area contributed by atoms with Crippen LogP contribution in [0.15, 0.2) is 30.7 Å². The molecule has 8 heteroatoms. The molecule has 2 aromatic heterocycles. The van der Waals surface area contributed by atoms with Crippen molar-refractivity contribution >= 4 is 11.6 Å². The van der Waals surface area contributed by atoms with E-state index in [1.165, 1.54) is 11.9 Å². The monoisotopic (exact) mass is 388 g/mol. The molecule has 2 aliphatic rings. The van der Waals surface area contributed by atoms with Crippen LogP contribution in [0.4, 0.5) is 20.4 Å². The van der Waals surface area contributed by atoms with Gasteiger partial charge in [-0.2, -0.15) is 0 Å². The Morgan fingerprint density at radius 3 is 2.46 bits per heavy atom. The molecule has 0 saturated carbocycles. The summed E-state index contributed by atoms with van der Waals surface area (Å²) in [6, 6.07) is 6.40. The number of hydrogen-bond acceptors (Lipinski definition) is 6. The van der Waals surface area contributed by atoms with E-state index in [0.717, 1.165) is 37.0 Å². The van der Waals surface area contributed by atoms with Crippen LogP contribution in [0.5, 0.6) is 0 Å². The molecule has 150 valence electrons. The van der Waals surface area contributed by atoms with E-state index in [9.17, 15) is 8.78 Å². The number of piperidine rings is 1. The predicted octanol–water partition coefficient (Wildman–Crippen LogP) is 2.74. The normalized spacial score (nSPS) is 19.8. The van der Waals surface area contributed by atoms with Crippen LogP contribution < -0.4 is 9.80 Å². The van der Waals surface area contributed by atoms with Gasteiger partial charge in [-0.3, -0.25) is 9.88 Å². The Morgan fingerprint density at radius 1 is 1.11 bits per heavy atom. The summed E-state index contributed by atoms with van der Waals surface area (Å²) in [5.74, 6) is -0.949. The summed E-state index contributed by atoms with van der Waals surface area (Å²) in [6.45, 7) is 5.34. The van der Waals surface area contributed by atoms with E-state index in [2.05, 4.69) is 44.8 Å². The first-order chi connectivity index (χ1) is 13.4. The highest BCUT2D eigenvalue weighted by Crippen LogP contribution is 2.31. The maximum atomic E-state index is 13.4. The second kappa shape index (κ2) is 7.58. The Hall–Kier alpha value is -2.35. The highest BCUT2D eigenvalue weighted by atomic mass is 19.3. The lowest BCUT2D eigenvalue weighted by molar-refractivity contribution is -0.0221. The summed E-state index contributed by atoms with van der Waals surface area (Å²) in [6.07, 6.45) is 3.14. The molecule has 0 aliphatic carbocycles. The van der Waals surface area contributed by atoms with Crippen LogP contribution in [0.3, 0.4) is 0 Å². The molecule has 0 spiro atoms. The Balaban J connectivity index is 1.34. The lowest BCUT2D eigenvalue weighted by atomic mass is 10.1. The number of rotatable bonds is 5. The molecule has 4 heterocycles. The fourth-order valence-corrected chi connectivity index (χ4v) is 3.72. The van der Waals surface area contributed by atoms with Gasteiger partial charge in [0.1, 0.15) is 18.0 Å². The first-order valence-corrected chi connectivity index (χ1v) is 9.72. The van der Waals surface area contributed by atoms with Gasteiger partial charge in [-0.05, 0) is 25.6 Å². The van der Waals surface area contributed by atoms with Gasteiger partial charge in [0, 0.05) is 63.9 Å². The van der Waals surface area contributed by atoms with E-state index in [1.807, 2.05) is 23.2 Å². The van der Waals surface area contributed by atoms with Crippen LogP contribution in [-0.4, -0.2) is 65.0 Å². The molecule has 0 aromatic carbocycles. The molecule has 2 aliphatic heterocycles. The summed E-state index contributed by atoms with van der Waals surface area (Å²) in [4.78, 5) is 19.6. The number of aryl methyl sites for hydroxylation is 1. The molecular formula is C20H26F2N6. The molecular weight excluding hydrogens is 362 g/mol. The summed E-state index contributed by atoms with van der Waals surface area (Å²) in [5.41, 5.74) is 2.31. The number of likely N-dealkylation sites (N-methyl/N-ethyl adjacent to an activating group) is 1. The van der Waals surface area contributed by atoms with E-state index in [0.29, 0.717) is 19.1 Å². The van der Waals surface area contributed by atoms with Crippen LogP contribution in [0.1, 0.15) is 24.1 Å². The summed E-state index contributed by atoms with van der Waals surface area (Å²) < 4.78 is 26.8. The van der Waals surface area contributed by atoms with Gasteiger partial charge < -0.3 is 9.80 Å². The maximum absolute atomic E-state index is 13.4. The average Bonchev–Trinajstić information content (AvgIpc) is 2.63. The van der Waals surface area contributed by atoms with Crippen molar-refractivity contribution in [2.45, 2.75) is 38.3 Å². The molecule has 2 fully saturated rings. The molecule has 2 aromatic rings. The number of anilines is 2. The molecule has 2 saturated heterocycles. The van der Waals surface area contributed by atoms with Crippen molar-refractivity contribution in [2.24, 2.45) is 0 Å². The molecule has 0 N–H and O–H groups in total. The van der Waals surface area contributed by atoms with Crippen molar-refractivity contribution in [3.63, 3.8) is 0 Å². The summed E-state index contributed by atoms with van der Waals surface area (Å²) in [7, 11) is 2.12. The summed E-state index contributed by atoms with van der Waals surface area (Å²) in [5, 5.41) is 0. The third kappa shape index (κ3) is 4.06. The smallest absolute Gasteiger partial charge is 0.251 e. The molecule has 0 bridgehead atoms. The van der Waals surface area contributed by atoms with Crippen molar-refractivity contribution < 1.29 is 8.78 Å². The standard InChI is InChI=1S/C20H26F2N6/c1-15-4-3-7-23-17(15)13-26(2)16-11-28(12-16)19-10-18(24-14-25-19)27-8-5-20(21,22)6-9-27/h3-4,7,10,14,16H,5-6,8-9,11-13H2,1-2H3. The van der Waals surface area contributed by atoms with Gasteiger partial charge >= 0.3 is 0 Å². The largest absolute Gasteiger partial charge is 0.356 e. The SMILES string of the molecule is Cc1cccnc1CN(C)C1CN(c2cc(N3CCC(F)(F)CC3)ncn2)C1. The fourth-order valence-electron chi connectivity index (χ4n) is 3.72. The van der Waals surface area contributed by atoms with E-state index < -0.39 is 5.92 Å². The second-order valence-corrected chi connectivity index (χ2v) is 7.82. The van der Waals surface area contributed by atoms with E-state index >= 15 is 0 Å². The molecule has 0 radical (unpaired) electrons. The molecule has 0 atom stereocenters. The summed E-state index contributed by atoms with van der Waals surface area (Å²) >= 11 is 0. The first kappa shape index (κ1) is 19.0. The van der Waals surface area contributed by atoms with Crippen LogP contribution in [0.25, 0.3) is 0 Å². The second-order valence-electron chi connectivity index (χ2n) is 7.82. The lowest BCUT2D eigenvalue weighted by Crippen LogP contribution is -2.58. The molecule has 0 unspecified atom stereocenters. The number of hydrogen-bond donors (Lipinski definition) is 0. The molecule has 28 heavy (non-hydrogen) atoms. The predicted molar refractivity (Wildman–Crippen MR) is 105 cm³/mol. The minimum atomic E-state index is -2.55. The third-order valence-corrected chi connectivity index (χ3v) is 5.78. The number of nitrogens with zero attached hydrogens (tertiary/aromatic N) is 6. The van der Waals surface area contributed by atoms with Crippen molar-refractivity contribution in [3.05, 3.63) is 42.0 Å². The maximum Gasteiger partial charge on any atom is 0.251 e. The van der Waals surface area contributed by atoms with E-state index in [-0.39, 0.29) is 12.8 Å². The van der Waals surface area contributed by atoms with Crippen molar-refractivity contribution in [1.82, 2.24) is 19.9 Å². The topological polar surface area (TPSA) is 48.4 Å². The molecule has 4 rings (SSSR count). The number of alkyl halides is 2. The van der Waals surface area contributed by atoms with Gasteiger partial charge in [0.2, 0.25) is 0 Å². The number of pyridine rings is 1. The molecule has 6 nitrogen and oxygen atoms in total. The van der Waals surface area contributed by atoms with Crippen LogP contribution in [0.2, 0.25) is 0 Å². The van der Waals surface area contributed by atoms with Crippen LogP contribution in [0, 0.1) is 6.92 Å². The van der Waals surface area contributed by atoms with Crippen molar-refractivity contribution in [2.75, 3.05) is 43.0 Å². The highest BCUT2D eigenvalue weighted by molar-refractivity contribution is 5.52. The lowest BCUT2D eigenvalue weighted by Gasteiger charge is -2.45. The minimum absolute atomic E-state index is 0.115. The van der Waals surface area contributed by atoms with Gasteiger partial charge in [0.25, 0.3) is 5.92 Å². The average molecular weight is 388 g/mol. The highest BCUT2D eigenvalue weighted by Gasteiger charge is 2.35. The number of aromatic nitrogens is 3. The quantitative estimate of drug-likeness (QED) is 0.785. The van der Waals surface area contributed by atoms with Gasteiger partial charge in [0.05, 0.1) is 5.69 Å². The van der Waals surface area contributed by atoms with Crippen molar-refractivity contribution in [1.29, 1.82) is 0 Å². The third-order valence-electron chi connectivity index (χ3n) is 5.78. The van der Waals surface area contributed by atoms with Crippen LogP contribution in [-0.2, 0) is 6.54 Å². The number of halogens is 2. The van der Waals surface area contributed by atoms with Gasteiger partial charge in [-0.1, -0.05) is 6.07 Å². The molecule has 0 amide bonds. The Bertz CT molecular complexity index is 814. The Labute approximate surface area is 164 Å². The Morgan fingerprint density at radius 2 is 1.79 bits per heavy atom. The minimum Gasteiger partial charge on any atom is -0.356 e. The zero-order valence-electron chi connectivity index (χ0n) is 16.4. The zero-order chi connectivity index (χ0) is 19.7. The zero-order valence-corrected chi connectivity index (χ0v) is 16.4. The van der Waals surface area contributed by atoms with E-state index in [1.54, 1.807) is 0 Å². The van der Waals surface area contributed by atoms with Gasteiger partial charge in [-0.15, -0.1) is 0 Å². The van der Waals surface area contributed by atoms with Crippen molar-refractivity contribution in [3.8, 4) is 0 Å².